The van der Waals surface area contributed by atoms with Gasteiger partial charge in [-0.05, 0) is 37.8 Å². The van der Waals surface area contributed by atoms with Gasteiger partial charge in [-0.15, -0.1) is 22.6 Å². The molecule has 0 saturated carbocycles. The van der Waals surface area contributed by atoms with Crippen LogP contribution < -0.4 is 10.6 Å². The maximum absolute atomic E-state index is 12.0. The Kier molecular flexibility index (Phi) is 8.28. The predicted molar refractivity (Wildman–Crippen MR) is 92.5 cm³/mol. The summed E-state index contributed by atoms with van der Waals surface area (Å²) >= 11 is 1.58. The number of nitrogens with one attached hydrogen (secondary N) is 2. The Morgan fingerprint density at radius 1 is 1.32 bits per heavy atom. The molecule has 2 N–H and O–H groups in total. The van der Waals surface area contributed by atoms with Gasteiger partial charge in [-0.1, -0.05) is 32.1 Å². The van der Waals surface area contributed by atoms with Gasteiger partial charge in [0.15, 0.2) is 0 Å². The lowest BCUT2D eigenvalue weighted by Crippen LogP contribution is -2.33. The first-order valence-corrected chi connectivity index (χ1v) is 8.67. The monoisotopic (exact) mass is 346 g/mol. The van der Waals surface area contributed by atoms with Crippen LogP contribution >= 0.6 is 23.7 Å². The summed E-state index contributed by atoms with van der Waals surface area (Å²) in [5.74, 6) is 1.65. The first-order chi connectivity index (χ1) is 10.1. The summed E-state index contributed by atoms with van der Waals surface area (Å²) in [6, 6.07) is 0. The molecule has 1 aliphatic rings. The molecule has 0 bridgehead atoms. The molecule has 126 valence electrons. The molecule has 2 heterocycles. The van der Waals surface area contributed by atoms with E-state index in [1.54, 1.807) is 11.3 Å². The van der Waals surface area contributed by atoms with E-state index in [4.69, 9.17) is 0 Å². The van der Waals surface area contributed by atoms with E-state index >= 15 is 0 Å². The molecule has 1 aromatic heterocycles. The van der Waals surface area contributed by atoms with Gasteiger partial charge >= 0.3 is 0 Å². The second-order valence-electron chi connectivity index (χ2n) is 6.23. The number of hydrogen-bond acceptors (Lipinski definition) is 5. The molecule has 1 unspecified atom stereocenters. The molecular formula is C15H27ClN4OS. The largest absolute Gasteiger partial charge is 0.350 e. The van der Waals surface area contributed by atoms with Crippen molar-refractivity contribution in [1.82, 2.24) is 20.8 Å². The zero-order valence-electron chi connectivity index (χ0n) is 13.6. The molecule has 5 nitrogen and oxygen atoms in total. The van der Waals surface area contributed by atoms with Gasteiger partial charge < -0.3 is 10.6 Å². The van der Waals surface area contributed by atoms with E-state index < -0.39 is 0 Å². The molecule has 1 saturated heterocycles. The molecule has 22 heavy (non-hydrogen) atoms. The van der Waals surface area contributed by atoms with E-state index in [9.17, 15) is 4.79 Å². The van der Waals surface area contributed by atoms with Crippen LogP contribution in [0.3, 0.4) is 0 Å². The molecule has 1 fully saturated rings. The Labute approximate surface area is 143 Å². The molecule has 1 amide bonds. The van der Waals surface area contributed by atoms with E-state index in [1.165, 1.54) is 12.8 Å². The molecule has 7 heteroatoms. The van der Waals surface area contributed by atoms with E-state index in [1.807, 2.05) is 0 Å². The number of aromatic nitrogens is 2. The number of piperidine rings is 1. The molecule has 0 aromatic carbocycles. The molecule has 1 atom stereocenters. The third-order valence-corrected chi connectivity index (χ3v) is 5.33. The van der Waals surface area contributed by atoms with E-state index in [0.29, 0.717) is 30.7 Å². The van der Waals surface area contributed by atoms with Crippen LogP contribution in [-0.2, 0) is 11.3 Å². The molecule has 0 aliphatic carbocycles. The first-order valence-electron chi connectivity index (χ1n) is 7.86. The highest BCUT2D eigenvalue weighted by molar-refractivity contribution is 7.11. The van der Waals surface area contributed by atoms with Crippen LogP contribution in [0.2, 0.25) is 0 Å². The average Bonchev–Trinajstić information content (AvgIpc) is 2.95. The van der Waals surface area contributed by atoms with Gasteiger partial charge in [-0.3, -0.25) is 4.79 Å². The van der Waals surface area contributed by atoms with Crippen molar-refractivity contribution in [1.29, 1.82) is 0 Å². The standard InChI is InChI=1S/C15H26N4OS.ClH/c1-10(2)15-19-18-14(21-15)9-17-13(20)8-11(3)12-4-6-16-7-5-12;/h10-12,16H,4-9H2,1-3H3,(H,17,20);1H. The van der Waals surface area contributed by atoms with Gasteiger partial charge in [0.25, 0.3) is 0 Å². The number of nitrogens with zero attached hydrogens (tertiary/aromatic N) is 2. The summed E-state index contributed by atoms with van der Waals surface area (Å²) in [5, 5.41) is 16.5. The summed E-state index contributed by atoms with van der Waals surface area (Å²) in [7, 11) is 0. The quantitative estimate of drug-likeness (QED) is 0.831. The highest BCUT2D eigenvalue weighted by Gasteiger charge is 2.22. The highest BCUT2D eigenvalue weighted by atomic mass is 35.5. The summed E-state index contributed by atoms with van der Waals surface area (Å²) in [5.41, 5.74) is 0. The minimum Gasteiger partial charge on any atom is -0.350 e. The summed E-state index contributed by atoms with van der Waals surface area (Å²) in [6.07, 6.45) is 2.98. The van der Waals surface area contributed by atoms with Crippen molar-refractivity contribution in [2.24, 2.45) is 11.8 Å². The number of halogens is 1. The fourth-order valence-corrected chi connectivity index (χ4v) is 3.47. The van der Waals surface area contributed by atoms with Crippen LogP contribution in [0.15, 0.2) is 0 Å². The Hall–Kier alpha value is -0.720. The minimum atomic E-state index is 0. The first kappa shape index (κ1) is 19.3. The summed E-state index contributed by atoms with van der Waals surface area (Å²) < 4.78 is 0. The van der Waals surface area contributed by atoms with Crippen molar-refractivity contribution >= 4 is 29.7 Å². The van der Waals surface area contributed by atoms with Gasteiger partial charge in [0.1, 0.15) is 10.0 Å². The SMILES string of the molecule is CC(C)c1nnc(CNC(=O)CC(C)C2CCNCC2)s1.Cl. The molecule has 0 spiro atoms. The number of rotatable bonds is 6. The normalized spacial score (nSPS) is 17.1. The van der Waals surface area contributed by atoms with Gasteiger partial charge in [0, 0.05) is 12.3 Å². The van der Waals surface area contributed by atoms with Crippen molar-refractivity contribution in [2.45, 2.75) is 52.5 Å². The average molecular weight is 347 g/mol. The third kappa shape index (κ3) is 5.82. The lowest BCUT2D eigenvalue weighted by Gasteiger charge is -2.27. The van der Waals surface area contributed by atoms with Crippen molar-refractivity contribution in [2.75, 3.05) is 13.1 Å². The van der Waals surface area contributed by atoms with Crippen LogP contribution in [0.4, 0.5) is 0 Å². The predicted octanol–water partition coefficient (Wildman–Crippen LogP) is 2.73. The number of carbonyl (C=O) groups is 1. The van der Waals surface area contributed by atoms with Crippen LogP contribution in [-0.4, -0.2) is 29.2 Å². The molecule has 0 radical (unpaired) electrons. The Balaban J connectivity index is 0.00000242. The zero-order chi connectivity index (χ0) is 15.2. The molecule has 1 aliphatic heterocycles. The summed E-state index contributed by atoms with van der Waals surface area (Å²) in [4.78, 5) is 12.0. The molecule has 2 rings (SSSR count). The molecular weight excluding hydrogens is 320 g/mol. The van der Waals surface area contributed by atoms with Crippen molar-refractivity contribution in [3.05, 3.63) is 10.0 Å². The maximum atomic E-state index is 12.0. The van der Waals surface area contributed by atoms with Gasteiger partial charge in [-0.2, -0.15) is 0 Å². The summed E-state index contributed by atoms with van der Waals surface area (Å²) in [6.45, 7) is 9.06. The second kappa shape index (κ2) is 9.43. The Morgan fingerprint density at radius 3 is 2.59 bits per heavy atom. The van der Waals surface area contributed by atoms with Gasteiger partial charge in [0.2, 0.25) is 5.91 Å². The highest BCUT2D eigenvalue weighted by Crippen LogP contribution is 2.24. The van der Waals surface area contributed by atoms with Crippen molar-refractivity contribution in [3.63, 3.8) is 0 Å². The lowest BCUT2D eigenvalue weighted by molar-refractivity contribution is -0.122. The molecule has 1 aromatic rings. The zero-order valence-corrected chi connectivity index (χ0v) is 15.2. The number of carbonyl (C=O) groups excluding carboxylic acids is 1. The topological polar surface area (TPSA) is 66.9 Å². The van der Waals surface area contributed by atoms with Gasteiger partial charge in [0.05, 0.1) is 6.54 Å². The minimum absolute atomic E-state index is 0. The fraction of sp³-hybridized carbons (Fsp3) is 0.800. The second-order valence-corrected chi connectivity index (χ2v) is 7.33. The van der Waals surface area contributed by atoms with E-state index in [2.05, 4.69) is 41.6 Å². The third-order valence-electron chi connectivity index (χ3n) is 4.11. The van der Waals surface area contributed by atoms with Crippen molar-refractivity contribution < 1.29 is 4.79 Å². The van der Waals surface area contributed by atoms with Crippen LogP contribution in [0.1, 0.15) is 56.0 Å². The van der Waals surface area contributed by atoms with Crippen LogP contribution in [0.25, 0.3) is 0 Å². The smallest absolute Gasteiger partial charge is 0.220 e. The maximum Gasteiger partial charge on any atom is 0.220 e. The van der Waals surface area contributed by atoms with E-state index in [-0.39, 0.29) is 18.3 Å². The number of amides is 1. The Bertz CT molecular complexity index is 460. The van der Waals surface area contributed by atoms with Crippen molar-refractivity contribution in [3.8, 4) is 0 Å². The number of hydrogen-bond donors (Lipinski definition) is 2. The lowest BCUT2D eigenvalue weighted by atomic mass is 9.84. The van der Waals surface area contributed by atoms with E-state index in [0.717, 1.165) is 23.1 Å². The Morgan fingerprint density at radius 2 is 2.00 bits per heavy atom. The van der Waals surface area contributed by atoms with Crippen LogP contribution in [0, 0.1) is 11.8 Å². The van der Waals surface area contributed by atoms with Crippen LogP contribution in [0.5, 0.6) is 0 Å². The fourth-order valence-electron chi connectivity index (χ4n) is 2.69. The van der Waals surface area contributed by atoms with Gasteiger partial charge in [-0.25, -0.2) is 0 Å².